The lowest BCUT2D eigenvalue weighted by molar-refractivity contribution is 0.325. The van der Waals surface area contributed by atoms with Crippen molar-refractivity contribution >= 4 is 27.4 Å². The molecule has 0 unspecified atom stereocenters. The van der Waals surface area contributed by atoms with Gasteiger partial charge in [0.2, 0.25) is 0 Å². The summed E-state index contributed by atoms with van der Waals surface area (Å²) < 4.78 is 46.2. The van der Waals surface area contributed by atoms with Gasteiger partial charge in [0.25, 0.3) is 10.2 Å². The SMILES string of the molecule is COC(=C(OC)c1ccccc1OC)c1ccc(N(C)S(N)(=O)=O)c(OC)c1. The van der Waals surface area contributed by atoms with Crippen LogP contribution < -0.4 is 18.9 Å². The fraction of sp³-hybridized carbons (Fsp3) is 0.263. The molecule has 0 amide bonds. The van der Waals surface area contributed by atoms with Gasteiger partial charge in [-0.1, -0.05) is 12.1 Å². The quantitative estimate of drug-likeness (QED) is 0.532. The van der Waals surface area contributed by atoms with Crippen molar-refractivity contribution in [3.8, 4) is 11.5 Å². The summed E-state index contributed by atoms with van der Waals surface area (Å²) in [7, 11) is 3.46. The van der Waals surface area contributed by atoms with E-state index in [1.165, 1.54) is 28.4 Å². The topological polar surface area (TPSA) is 100 Å². The van der Waals surface area contributed by atoms with Gasteiger partial charge >= 0.3 is 0 Å². The maximum Gasteiger partial charge on any atom is 0.298 e. The highest BCUT2D eigenvalue weighted by atomic mass is 32.2. The first-order valence-corrected chi connectivity index (χ1v) is 9.69. The Morgan fingerprint density at radius 2 is 1.50 bits per heavy atom. The zero-order valence-corrected chi connectivity index (χ0v) is 17.2. The van der Waals surface area contributed by atoms with Crippen molar-refractivity contribution in [1.29, 1.82) is 0 Å². The fourth-order valence-electron chi connectivity index (χ4n) is 2.71. The molecule has 2 aromatic rings. The lowest BCUT2D eigenvalue weighted by Gasteiger charge is -2.21. The van der Waals surface area contributed by atoms with E-state index in [1.54, 1.807) is 25.3 Å². The maximum atomic E-state index is 11.7. The minimum absolute atomic E-state index is 0.292. The molecule has 0 aliphatic carbocycles. The van der Waals surface area contributed by atoms with Crippen LogP contribution in [0.2, 0.25) is 0 Å². The molecule has 0 atom stereocenters. The highest BCUT2D eigenvalue weighted by Crippen LogP contribution is 2.37. The summed E-state index contributed by atoms with van der Waals surface area (Å²) in [6, 6.07) is 12.3. The van der Waals surface area contributed by atoms with Crippen LogP contribution in [0.15, 0.2) is 42.5 Å². The van der Waals surface area contributed by atoms with E-state index >= 15 is 0 Å². The van der Waals surface area contributed by atoms with E-state index in [0.717, 1.165) is 4.31 Å². The summed E-state index contributed by atoms with van der Waals surface area (Å²) in [4.78, 5) is 0. The van der Waals surface area contributed by atoms with E-state index in [4.69, 9.17) is 24.1 Å². The first-order chi connectivity index (χ1) is 13.3. The second-order valence-electron chi connectivity index (χ2n) is 5.67. The molecular formula is C19H24N2O6S. The van der Waals surface area contributed by atoms with Gasteiger partial charge in [-0.15, -0.1) is 0 Å². The number of para-hydroxylation sites is 1. The van der Waals surface area contributed by atoms with Crippen molar-refractivity contribution in [2.75, 3.05) is 39.8 Å². The number of nitrogens with two attached hydrogens (primary N) is 1. The standard InChI is InChI=1S/C19H24N2O6S/c1-21(28(20,22)23)15-11-10-13(12-17(15)25-3)18(26-4)19(27-5)14-8-6-7-9-16(14)24-2/h6-12H,1-5H3,(H2,20,22,23). The van der Waals surface area contributed by atoms with Crippen LogP contribution in [0.25, 0.3) is 11.5 Å². The van der Waals surface area contributed by atoms with Crippen LogP contribution in [0.3, 0.4) is 0 Å². The van der Waals surface area contributed by atoms with Gasteiger partial charge in [-0.05, 0) is 30.3 Å². The highest BCUT2D eigenvalue weighted by molar-refractivity contribution is 7.90. The van der Waals surface area contributed by atoms with E-state index in [0.29, 0.717) is 39.8 Å². The molecular weight excluding hydrogens is 384 g/mol. The molecule has 0 aromatic heterocycles. The van der Waals surface area contributed by atoms with Gasteiger partial charge in [0.15, 0.2) is 11.5 Å². The summed E-state index contributed by atoms with van der Waals surface area (Å²) in [6.45, 7) is 0. The van der Waals surface area contributed by atoms with Crippen LogP contribution in [0.5, 0.6) is 11.5 Å². The van der Waals surface area contributed by atoms with Crippen molar-refractivity contribution in [3.63, 3.8) is 0 Å². The molecule has 0 saturated carbocycles. The fourth-order valence-corrected chi connectivity index (χ4v) is 3.14. The smallest absolute Gasteiger partial charge is 0.298 e. The van der Waals surface area contributed by atoms with Crippen LogP contribution in [0.4, 0.5) is 5.69 Å². The molecule has 0 heterocycles. The van der Waals surface area contributed by atoms with Gasteiger partial charge in [0.05, 0.1) is 39.7 Å². The average molecular weight is 408 g/mol. The number of anilines is 1. The average Bonchev–Trinajstić information content (AvgIpc) is 2.70. The van der Waals surface area contributed by atoms with Crippen LogP contribution >= 0.6 is 0 Å². The molecule has 0 bridgehead atoms. The van der Waals surface area contributed by atoms with Gasteiger partial charge in [0.1, 0.15) is 11.5 Å². The van der Waals surface area contributed by atoms with E-state index in [2.05, 4.69) is 0 Å². The molecule has 2 aromatic carbocycles. The van der Waals surface area contributed by atoms with Crippen molar-refractivity contribution in [3.05, 3.63) is 53.6 Å². The molecule has 2 N–H and O–H groups in total. The normalized spacial score (nSPS) is 12.1. The van der Waals surface area contributed by atoms with Crippen molar-refractivity contribution < 1.29 is 27.4 Å². The zero-order valence-electron chi connectivity index (χ0n) is 16.4. The highest BCUT2D eigenvalue weighted by Gasteiger charge is 2.21. The number of hydrogen-bond donors (Lipinski definition) is 1. The summed E-state index contributed by atoms with van der Waals surface area (Å²) in [5.74, 6) is 1.80. The number of ether oxygens (including phenoxy) is 4. The molecule has 152 valence electrons. The van der Waals surface area contributed by atoms with E-state index in [9.17, 15) is 8.42 Å². The molecule has 0 fully saturated rings. The second-order valence-corrected chi connectivity index (χ2v) is 7.24. The van der Waals surface area contributed by atoms with Crippen molar-refractivity contribution in [1.82, 2.24) is 0 Å². The molecule has 0 saturated heterocycles. The zero-order chi connectivity index (χ0) is 20.9. The van der Waals surface area contributed by atoms with Crippen LogP contribution in [0, 0.1) is 0 Å². The largest absolute Gasteiger partial charge is 0.496 e. The Balaban J connectivity index is 2.67. The Labute approximate surface area is 165 Å². The summed E-state index contributed by atoms with van der Waals surface area (Å²) in [5.41, 5.74) is 1.61. The third kappa shape index (κ3) is 4.32. The summed E-state index contributed by atoms with van der Waals surface area (Å²) in [5, 5.41) is 5.21. The molecule has 2 rings (SSSR count). The Kier molecular flexibility index (Phi) is 6.76. The lowest BCUT2D eigenvalue weighted by Crippen LogP contribution is -2.33. The molecule has 0 radical (unpaired) electrons. The number of rotatable bonds is 8. The van der Waals surface area contributed by atoms with Crippen molar-refractivity contribution in [2.24, 2.45) is 5.14 Å². The number of nitrogens with zero attached hydrogens (tertiary/aromatic N) is 1. The molecule has 0 aliphatic rings. The predicted octanol–water partition coefficient (Wildman–Crippen LogP) is 2.46. The summed E-state index contributed by atoms with van der Waals surface area (Å²) in [6.07, 6.45) is 0. The lowest BCUT2D eigenvalue weighted by atomic mass is 10.1. The van der Waals surface area contributed by atoms with Crippen LogP contribution in [-0.4, -0.2) is 43.9 Å². The first kappa shape index (κ1) is 21.4. The predicted molar refractivity (Wildman–Crippen MR) is 108 cm³/mol. The Morgan fingerprint density at radius 3 is 2.04 bits per heavy atom. The molecule has 28 heavy (non-hydrogen) atoms. The van der Waals surface area contributed by atoms with E-state index < -0.39 is 10.2 Å². The van der Waals surface area contributed by atoms with Gasteiger partial charge < -0.3 is 18.9 Å². The van der Waals surface area contributed by atoms with Gasteiger partial charge in [-0.3, -0.25) is 4.31 Å². The molecule has 0 spiro atoms. The van der Waals surface area contributed by atoms with E-state index in [1.807, 2.05) is 24.3 Å². The van der Waals surface area contributed by atoms with Gasteiger partial charge in [-0.25, -0.2) is 5.14 Å². The van der Waals surface area contributed by atoms with Crippen LogP contribution in [0.1, 0.15) is 11.1 Å². The van der Waals surface area contributed by atoms with Crippen molar-refractivity contribution in [2.45, 2.75) is 0 Å². The Morgan fingerprint density at radius 1 is 0.893 bits per heavy atom. The molecule has 8 nitrogen and oxygen atoms in total. The monoisotopic (exact) mass is 408 g/mol. The van der Waals surface area contributed by atoms with E-state index in [-0.39, 0.29) is 0 Å². The maximum absolute atomic E-state index is 11.7. The summed E-state index contributed by atoms with van der Waals surface area (Å²) >= 11 is 0. The molecule has 9 heteroatoms. The van der Waals surface area contributed by atoms with Gasteiger partial charge in [0, 0.05) is 12.6 Å². The Hall–Kier alpha value is -2.91. The van der Waals surface area contributed by atoms with Gasteiger partial charge in [-0.2, -0.15) is 8.42 Å². The molecule has 0 aliphatic heterocycles. The third-order valence-electron chi connectivity index (χ3n) is 4.13. The number of hydrogen-bond acceptors (Lipinski definition) is 6. The number of methoxy groups -OCH3 is 4. The minimum Gasteiger partial charge on any atom is -0.496 e. The minimum atomic E-state index is -3.93. The second kappa shape index (κ2) is 8.85. The number of benzene rings is 2. The third-order valence-corrected chi connectivity index (χ3v) is 5.09. The Bertz CT molecular complexity index is 972. The van der Waals surface area contributed by atoms with Crippen LogP contribution in [-0.2, 0) is 19.7 Å². The first-order valence-electron chi connectivity index (χ1n) is 8.19.